The number of methoxy groups -OCH3 is 1. The number of rotatable bonds is 3. The first-order valence-corrected chi connectivity index (χ1v) is 7.68. The summed E-state index contributed by atoms with van der Waals surface area (Å²) in [5.74, 6) is 0.842. The van der Waals surface area contributed by atoms with Crippen molar-refractivity contribution < 1.29 is 14.3 Å². The van der Waals surface area contributed by atoms with E-state index in [1.807, 2.05) is 12.1 Å². The van der Waals surface area contributed by atoms with Gasteiger partial charge in [-0.15, -0.1) is 0 Å². The molecule has 6 nitrogen and oxygen atoms in total. The molecule has 0 fully saturated rings. The maximum absolute atomic E-state index is 12.1. The van der Waals surface area contributed by atoms with Crippen LogP contribution in [0, 0.1) is 0 Å². The average molecular weight is 325 g/mol. The fraction of sp³-hybridized carbons (Fsp3) is 0.222. The molecule has 0 saturated carbocycles. The van der Waals surface area contributed by atoms with Crippen LogP contribution in [0.2, 0.25) is 0 Å². The first-order valence-electron chi connectivity index (χ1n) is 7.68. The van der Waals surface area contributed by atoms with Crippen molar-refractivity contribution in [3.63, 3.8) is 0 Å². The van der Waals surface area contributed by atoms with Crippen molar-refractivity contribution in [1.29, 1.82) is 0 Å². The monoisotopic (exact) mass is 325 g/mol. The molecule has 0 aliphatic carbocycles. The zero-order valence-electron chi connectivity index (χ0n) is 13.6. The van der Waals surface area contributed by atoms with Gasteiger partial charge in [0.05, 0.1) is 7.11 Å². The van der Waals surface area contributed by atoms with Gasteiger partial charge < -0.3 is 20.3 Å². The van der Waals surface area contributed by atoms with Crippen molar-refractivity contribution in [3.05, 3.63) is 48.0 Å². The number of aryl methyl sites for hydroxylation is 1. The van der Waals surface area contributed by atoms with Crippen LogP contribution >= 0.6 is 0 Å². The zero-order chi connectivity index (χ0) is 17.1. The van der Waals surface area contributed by atoms with Gasteiger partial charge >= 0.3 is 6.03 Å². The molecule has 124 valence electrons. The summed E-state index contributed by atoms with van der Waals surface area (Å²) in [6, 6.07) is 12.3. The fourth-order valence-electron chi connectivity index (χ4n) is 2.70. The van der Waals surface area contributed by atoms with Crippen molar-refractivity contribution in [2.24, 2.45) is 0 Å². The highest BCUT2D eigenvalue weighted by Crippen LogP contribution is 2.29. The lowest BCUT2D eigenvalue weighted by Gasteiger charge is -2.26. The maximum Gasteiger partial charge on any atom is 0.323 e. The van der Waals surface area contributed by atoms with Crippen LogP contribution in [0.3, 0.4) is 0 Å². The zero-order valence-corrected chi connectivity index (χ0v) is 13.6. The number of nitrogens with zero attached hydrogens (tertiary/aromatic N) is 1. The molecule has 2 aromatic rings. The lowest BCUT2D eigenvalue weighted by atomic mass is 10.0. The summed E-state index contributed by atoms with van der Waals surface area (Å²) in [6.45, 7) is 0. The quantitative estimate of drug-likeness (QED) is 0.910. The van der Waals surface area contributed by atoms with Gasteiger partial charge in [-0.2, -0.15) is 0 Å². The maximum atomic E-state index is 12.1. The van der Waals surface area contributed by atoms with Crippen molar-refractivity contribution >= 4 is 29.0 Å². The summed E-state index contributed by atoms with van der Waals surface area (Å²) < 4.78 is 5.08. The second-order valence-corrected chi connectivity index (χ2v) is 5.60. The van der Waals surface area contributed by atoms with E-state index in [1.165, 1.54) is 0 Å². The fourth-order valence-corrected chi connectivity index (χ4v) is 2.70. The number of nitrogens with one attached hydrogen (secondary N) is 2. The molecule has 2 N–H and O–H groups in total. The third-order valence-corrected chi connectivity index (χ3v) is 4.03. The predicted octanol–water partition coefficient (Wildman–Crippen LogP) is 3.25. The SMILES string of the molecule is COc1ccc(NC(=O)Nc2ccc3c(c2)CCC(=O)N3C)cc1. The Morgan fingerprint density at radius 3 is 2.42 bits per heavy atom. The highest BCUT2D eigenvalue weighted by Gasteiger charge is 2.20. The number of hydrogen-bond acceptors (Lipinski definition) is 3. The standard InChI is InChI=1S/C18H19N3O3/c1-21-16-9-6-14(11-12(16)3-10-17(21)22)20-18(23)19-13-4-7-15(24-2)8-5-13/h4-9,11H,3,10H2,1-2H3,(H2,19,20,23). The van der Waals surface area contributed by atoms with Crippen LogP contribution in [0.4, 0.5) is 21.9 Å². The number of carbonyl (C=O) groups excluding carboxylic acids is 2. The Hall–Kier alpha value is -3.02. The van der Waals surface area contributed by atoms with Gasteiger partial charge in [-0.05, 0) is 54.4 Å². The smallest absolute Gasteiger partial charge is 0.323 e. The molecular formula is C18H19N3O3. The molecule has 0 aromatic heterocycles. The molecule has 1 aliphatic rings. The minimum Gasteiger partial charge on any atom is -0.497 e. The van der Waals surface area contributed by atoms with E-state index in [4.69, 9.17) is 4.74 Å². The summed E-state index contributed by atoms with van der Waals surface area (Å²) in [4.78, 5) is 25.5. The Morgan fingerprint density at radius 1 is 1.04 bits per heavy atom. The van der Waals surface area contributed by atoms with Crippen LogP contribution in [0.5, 0.6) is 5.75 Å². The van der Waals surface area contributed by atoms with Crippen molar-refractivity contribution in [1.82, 2.24) is 0 Å². The average Bonchev–Trinajstić information content (AvgIpc) is 2.59. The predicted molar refractivity (Wildman–Crippen MR) is 93.8 cm³/mol. The van der Waals surface area contributed by atoms with E-state index in [2.05, 4.69) is 10.6 Å². The number of amides is 3. The number of carbonyl (C=O) groups is 2. The molecule has 0 bridgehead atoms. The topological polar surface area (TPSA) is 70.7 Å². The molecule has 1 heterocycles. The molecular weight excluding hydrogens is 306 g/mol. The largest absolute Gasteiger partial charge is 0.497 e. The number of benzene rings is 2. The van der Waals surface area contributed by atoms with Gasteiger partial charge in [0.25, 0.3) is 0 Å². The van der Waals surface area contributed by atoms with Gasteiger partial charge in [0, 0.05) is 30.5 Å². The molecule has 1 aliphatic heterocycles. The number of anilines is 3. The molecule has 24 heavy (non-hydrogen) atoms. The first-order chi connectivity index (χ1) is 11.6. The van der Waals surface area contributed by atoms with Crippen LogP contribution in [0.15, 0.2) is 42.5 Å². The van der Waals surface area contributed by atoms with Gasteiger partial charge in [-0.3, -0.25) is 4.79 Å². The molecule has 0 spiro atoms. The van der Waals surface area contributed by atoms with E-state index in [9.17, 15) is 9.59 Å². The summed E-state index contributed by atoms with van der Waals surface area (Å²) in [6.07, 6.45) is 1.18. The molecule has 3 rings (SSSR count). The van der Waals surface area contributed by atoms with Gasteiger partial charge in [0.1, 0.15) is 5.75 Å². The van der Waals surface area contributed by atoms with E-state index in [0.29, 0.717) is 24.2 Å². The summed E-state index contributed by atoms with van der Waals surface area (Å²) >= 11 is 0. The van der Waals surface area contributed by atoms with E-state index >= 15 is 0 Å². The Morgan fingerprint density at radius 2 is 1.71 bits per heavy atom. The second kappa shape index (κ2) is 6.62. The van der Waals surface area contributed by atoms with Gasteiger partial charge in [0.15, 0.2) is 0 Å². The van der Waals surface area contributed by atoms with Gasteiger partial charge in [-0.1, -0.05) is 0 Å². The highest BCUT2D eigenvalue weighted by molar-refractivity contribution is 6.01. The summed E-state index contributed by atoms with van der Waals surface area (Å²) in [7, 11) is 3.36. The minimum absolute atomic E-state index is 0.112. The third kappa shape index (κ3) is 3.32. The normalized spacial score (nSPS) is 13.2. The molecule has 2 aromatic carbocycles. The second-order valence-electron chi connectivity index (χ2n) is 5.60. The summed E-state index contributed by atoms with van der Waals surface area (Å²) in [5, 5.41) is 5.58. The van der Waals surface area contributed by atoms with Crippen molar-refractivity contribution in [2.75, 3.05) is 29.7 Å². The van der Waals surface area contributed by atoms with Gasteiger partial charge in [-0.25, -0.2) is 4.79 Å². The molecule has 0 atom stereocenters. The lowest BCUT2D eigenvalue weighted by molar-refractivity contribution is -0.118. The van der Waals surface area contributed by atoms with Crippen LogP contribution < -0.4 is 20.3 Å². The molecule has 6 heteroatoms. The lowest BCUT2D eigenvalue weighted by Crippen LogP contribution is -2.31. The number of urea groups is 1. The number of hydrogen-bond donors (Lipinski definition) is 2. The Kier molecular flexibility index (Phi) is 4.37. The molecule has 0 saturated heterocycles. The van der Waals surface area contributed by atoms with E-state index in [1.54, 1.807) is 49.4 Å². The molecule has 3 amide bonds. The Labute approximate surface area is 140 Å². The van der Waals surface area contributed by atoms with E-state index < -0.39 is 0 Å². The molecule has 0 radical (unpaired) electrons. The van der Waals surface area contributed by atoms with Crippen molar-refractivity contribution in [3.8, 4) is 5.75 Å². The number of fused-ring (bicyclic) bond motifs is 1. The third-order valence-electron chi connectivity index (χ3n) is 4.03. The van der Waals surface area contributed by atoms with E-state index in [0.717, 1.165) is 17.0 Å². The van der Waals surface area contributed by atoms with E-state index in [-0.39, 0.29) is 11.9 Å². The Balaban J connectivity index is 1.67. The highest BCUT2D eigenvalue weighted by atomic mass is 16.5. The first kappa shape index (κ1) is 15.9. The number of ether oxygens (including phenoxy) is 1. The Bertz CT molecular complexity index is 772. The molecule has 0 unspecified atom stereocenters. The van der Waals surface area contributed by atoms with Crippen LogP contribution in [-0.4, -0.2) is 26.1 Å². The van der Waals surface area contributed by atoms with Crippen LogP contribution in [0.25, 0.3) is 0 Å². The van der Waals surface area contributed by atoms with Crippen LogP contribution in [0.1, 0.15) is 12.0 Å². The van der Waals surface area contributed by atoms with Crippen LogP contribution in [-0.2, 0) is 11.2 Å². The van der Waals surface area contributed by atoms with Crippen molar-refractivity contribution in [2.45, 2.75) is 12.8 Å². The minimum atomic E-state index is -0.319. The summed E-state index contributed by atoms with van der Waals surface area (Å²) in [5.41, 5.74) is 3.32. The van der Waals surface area contributed by atoms with Gasteiger partial charge in [0.2, 0.25) is 5.91 Å².